The van der Waals surface area contributed by atoms with Crippen LogP contribution < -0.4 is 5.32 Å². The number of benzene rings is 2. The van der Waals surface area contributed by atoms with Gasteiger partial charge in [0.2, 0.25) is 11.8 Å². The Morgan fingerprint density at radius 2 is 1.70 bits per heavy atom. The third-order valence-corrected chi connectivity index (χ3v) is 6.67. The fourth-order valence-corrected chi connectivity index (χ4v) is 4.19. The molecule has 30 heavy (non-hydrogen) atoms. The summed E-state index contributed by atoms with van der Waals surface area (Å²) < 4.78 is 0. The molecule has 1 saturated heterocycles. The van der Waals surface area contributed by atoms with Crippen LogP contribution in [-0.2, 0) is 16.0 Å². The van der Waals surface area contributed by atoms with Crippen LogP contribution in [0.2, 0.25) is 10.0 Å². The van der Waals surface area contributed by atoms with E-state index in [2.05, 4.69) is 17.3 Å². The van der Waals surface area contributed by atoms with Crippen LogP contribution >= 0.6 is 23.2 Å². The lowest BCUT2D eigenvalue weighted by molar-refractivity contribution is -0.132. The summed E-state index contributed by atoms with van der Waals surface area (Å²) in [5.41, 5.74) is 2.75. The van der Waals surface area contributed by atoms with E-state index in [1.807, 2.05) is 41.3 Å². The summed E-state index contributed by atoms with van der Waals surface area (Å²) in [6, 6.07) is 13.1. The summed E-state index contributed by atoms with van der Waals surface area (Å²) in [4.78, 5) is 29.2. The highest BCUT2D eigenvalue weighted by atomic mass is 35.5. The molecular weight excluding hydrogens is 421 g/mol. The van der Waals surface area contributed by atoms with E-state index in [1.165, 1.54) is 0 Å². The van der Waals surface area contributed by atoms with Crippen LogP contribution in [0.25, 0.3) is 0 Å². The van der Waals surface area contributed by atoms with E-state index in [0.29, 0.717) is 16.5 Å². The lowest BCUT2D eigenvalue weighted by Crippen LogP contribution is -2.47. The van der Waals surface area contributed by atoms with Gasteiger partial charge in [0.25, 0.3) is 0 Å². The monoisotopic (exact) mass is 445 g/mol. The number of carbonyl (C=O) groups is 2. The zero-order valence-electron chi connectivity index (χ0n) is 16.9. The highest BCUT2D eigenvalue weighted by molar-refractivity contribution is 6.42. The molecule has 5 nitrogen and oxygen atoms in total. The van der Waals surface area contributed by atoms with Gasteiger partial charge in [-0.1, -0.05) is 41.4 Å². The van der Waals surface area contributed by atoms with Gasteiger partial charge < -0.3 is 15.1 Å². The number of hydrogen-bond donors (Lipinski definition) is 1. The van der Waals surface area contributed by atoms with E-state index in [0.717, 1.165) is 49.4 Å². The maximum absolute atomic E-state index is 12.6. The Morgan fingerprint density at radius 1 is 1.00 bits per heavy atom. The van der Waals surface area contributed by atoms with Gasteiger partial charge in [-0.3, -0.25) is 9.59 Å². The molecule has 158 valence electrons. The number of carbonyl (C=O) groups excluding carboxylic acids is 2. The highest BCUT2D eigenvalue weighted by Gasteiger charge is 2.44. The molecule has 0 radical (unpaired) electrons. The molecule has 0 spiro atoms. The van der Waals surface area contributed by atoms with Crippen molar-refractivity contribution in [2.75, 3.05) is 38.5 Å². The van der Waals surface area contributed by atoms with Gasteiger partial charge in [-0.15, -0.1) is 0 Å². The Balaban J connectivity index is 1.29. The Hall–Kier alpha value is -2.08. The maximum atomic E-state index is 12.6. The molecule has 1 heterocycles. The van der Waals surface area contributed by atoms with Gasteiger partial charge in [-0.2, -0.15) is 0 Å². The Labute approximate surface area is 186 Å². The molecule has 1 aliphatic heterocycles. The first-order valence-electron chi connectivity index (χ1n) is 10.2. The van der Waals surface area contributed by atoms with E-state index in [4.69, 9.17) is 23.2 Å². The predicted molar refractivity (Wildman–Crippen MR) is 120 cm³/mol. The van der Waals surface area contributed by atoms with Crippen molar-refractivity contribution in [2.45, 2.75) is 18.8 Å². The van der Waals surface area contributed by atoms with E-state index in [-0.39, 0.29) is 23.7 Å². The first kappa shape index (κ1) is 21.2. The Morgan fingerprint density at radius 3 is 2.37 bits per heavy atom. The summed E-state index contributed by atoms with van der Waals surface area (Å²) in [6.45, 7) is 3.40. The summed E-state index contributed by atoms with van der Waals surface area (Å²) in [5.74, 6) is 0.288. The molecule has 1 saturated carbocycles. The molecule has 2 aromatic carbocycles. The molecule has 2 unspecified atom stereocenters. The van der Waals surface area contributed by atoms with Gasteiger partial charge >= 0.3 is 0 Å². The summed E-state index contributed by atoms with van der Waals surface area (Å²) in [7, 11) is 2.07. The summed E-state index contributed by atoms with van der Waals surface area (Å²) in [5, 5.41) is 4.02. The molecule has 0 aromatic heterocycles. The topological polar surface area (TPSA) is 52.6 Å². The van der Waals surface area contributed by atoms with Crippen molar-refractivity contribution in [2.24, 2.45) is 5.92 Å². The highest BCUT2D eigenvalue weighted by Crippen LogP contribution is 2.48. The number of halogens is 2. The molecule has 0 bridgehead atoms. The fraction of sp³-hybridized carbons (Fsp3) is 0.391. The molecular formula is C23H25Cl2N3O2. The lowest BCUT2D eigenvalue weighted by atomic mass is 10.1. The number of amides is 2. The van der Waals surface area contributed by atoms with Crippen LogP contribution in [-0.4, -0.2) is 54.8 Å². The number of likely N-dealkylation sites (N-methyl/N-ethyl adjacent to an activating group) is 1. The molecule has 1 N–H and O–H groups in total. The summed E-state index contributed by atoms with van der Waals surface area (Å²) in [6.07, 6.45) is 1.20. The van der Waals surface area contributed by atoms with E-state index >= 15 is 0 Å². The van der Waals surface area contributed by atoms with Crippen molar-refractivity contribution in [3.8, 4) is 0 Å². The van der Waals surface area contributed by atoms with Gasteiger partial charge in [0.1, 0.15) is 0 Å². The van der Waals surface area contributed by atoms with Gasteiger partial charge in [0.15, 0.2) is 0 Å². The number of nitrogens with zero attached hydrogens (tertiary/aromatic N) is 2. The fourth-order valence-electron chi connectivity index (χ4n) is 3.88. The minimum Gasteiger partial charge on any atom is -0.340 e. The number of rotatable bonds is 5. The van der Waals surface area contributed by atoms with Gasteiger partial charge in [0, 0.05) is 37.8 Å². The van der Waals surface area contributed by atoms with Crippen molar-refractivity contribution >= 4 is 40.7 Å². The normalized spacial score (nSPS) is 21.4. The SMILES string of the molecule is CN1CCN(C(=O)Cc2ccc(NC(=O)C3CC3c3ccc(Cl)c(Cl)c3)cc2)CC1. The average molecular weight is 446 g/mol. The molecule has 2 fully saturated rings. The first-order valence-corrected chi connectivity index (χ1v) is 11.0. The van der Waals surface area contributed by atoms with Crippen LogP contribution in [0.3, 0.4) is 0 Å². The smallest absolute Gasteiger partial charge is 0.228 e. The second kappa shape index (κ2) is 8.96. The molecule has 7 heteroatoms. The maximum Gasteiger partial charge on any atom is 0.228 e. The van der Waals surface area contributed by atoms with Crippen molar-refractivity contribution in [1.82, 2.24) is 9.80 Å². The van der Waals surface area contributed by atoms with Crippen LogP contribution in [0.5, 0.6) is 0 Å². The standard InChI is InChI=1S/C23H25Cl2N3O2/c1-27-8-10-28(11-9-27)22(29)12-15-2-5-17(6-3-15)26-23(30)19-14-18(19)16-4-7-20(24)21(25)13-16/h2-7,13,18-19H,8-12,14H2,1H3,(H,26,30). The molecule has 2 aliphatic rings. The predicted octanol–water partition coefficient (Wildman–Crippen LogP) is 4.05. The van der Waals surface area contributed by atoms with Crippen LogP contribution in [0.1, 0.15) is 23.5 Å². The zero-order valence-corrected chi connectivity index (χ0v) is 18.4. The molecule has 1 aliphatic carbocycles. The average Bonchev–Trinajstić information content (AvgIpc) is 3.53. The van der Waals surface area contributed by atoms with Crippen LogP contribution in [0, 0.1) is 5.92 Å². The zero-order chi connectivity index (χ0) is 21.3. The van der Waals surface area contributed by atoms with Gasteiger partial charge in [0.05, 0.1) is 16.5 Å². The second-order valence-corrected chi connectivity index (χ2v) is 8.98. The second-order valence-electron chi connectivity index (χ2n) is 8.17. The number of nitrogens with one attached hydrogen (secondary N) is 1. The Kier molecular flexibility index (Phi) is 6.32. The Bertz CT molecular complexity index is 940. The molecule has 2 aromatic rings. The van der Waals surface area contributed by atoms with Crippen molar-refractivity contribution in [3.63, 3.8) is 0 Å². The quantitative estimate of drug-likeness (QED) is 0.754. The van der Waals surface area contributed by atoms with E-state index in [9.17, 15) is 9.59 Å². The lowest BCUT2D eigenvalue weighted by Gasteiger charge is -2.32. The first-order chi connectivity index (χ1) is 14.4. The van der Waals surface area contributed by atoms with Crippen molar-refractivity contribution < 1.29 is 9.59 Å². The van der Waals surface area contributed by atoms with Gasteiger partial charge in [-0.25, -0.2) is 0 Å². The molecule has 4 rings (SSSR count). The largest absolute Gasteiger partial charge is 0.340 e. The summed E-state index contributed by atoms with van der Waals surface area (Å²) >= 11 is 12.1. The third-order valence-electron chi connectivity index (χ3n) is 5.93. The van der Waals surface area contributed by atoms with E-state index in [1.54, 1.807) is 6.07 Å². The van der Waals surface area contributed by atoms with Gasteiger partial charge in [-0.05, 0) is 54.8 Å². The van der Waals surface area contributed by atoms with Crippen LogP contribution in [0.4, 0.5) is 5.69 Å². The third kappa shape index (κ3) is 4.97. The minimum absolute atomic E-state index is 0.00679. The minimum atomic E-state index is -0.0549. The van der Waals surface area contributed by atoms with Crippen molar-refractivity contribution in [3.05, 3.63) is 63.6 Å². The van der Waals surface area contributed by atoms with Crippen LogP contribution in [0.15, 0.2) is 42.5 Å². The van der Waals surface area contributed by atoms with Crippen molar-refractivity contribution in [1.29, 1.82) is 0 Å². The van der Waals surface area contributed by atoms with E-state index < -0.39 is 0 Å². The number of hydrogen-bond acceptors (Lipinski definition) is 3. The number of anilines is 1. The number of piperazine rings is 1. The molecule has 2 atom stereocenters. The molecule has 2 amide bonds.